The standard InChI is InChI=1S/C18H20N6O3/c1-11-17(20-14-6-5-13(27-2)8-15(14)19-11)24-7-3-4-12(24)9-23-10-16(18(25)26)21-22-23/h5-6,8,10,12H,3-4,7,9H2,1-2H3,(H,25,26). The van der Waals surface area contributed by atoms with E-state index in [1.807, 2.05) is 25.1 Å². The first-order chi connectivity index (χ1) is 13.0. The van der Waals surface area contributed by atoms with Crippen LogP contribution >= 0.6 is 0 Å². The number of hydrogen-bond donors (Lipinski definition) is 1. The van der Waals surface area contributed by atoms with E-state index >= 15 is 0 Å². The fourth-order valence-corrected chi connectivity index (χ4v) is 3.52. The van der Waals surface area contributed by atoms with Crippen molar-refractivity contribution in [1.29, 1.82) is 0 Å². The summed E-state index contributed by atoms with van der Waals surface area (Å²) in [6, 6.07) is 5.83. The van der Waals surface area contributed by atoms with Gasteiger partial charge >= 0.3 is 5.97 Å². The monoisotopic (exact) mass is 368 g/mol. The van der Waals surface area contributed by atoms with Crippen LogP contribution in [0, 0.1) is 6.92 Å². The van der Waals surface area contributed by atoms with E-state index in [-0.39, 0.29) is 11.7 Å². The molecule has 0 radical (unpaired) electrons. The van der Waals surface area contributed by atoms with E-state index in [0.717, 1.165) is 47.7 Å². The smallest absolute Gasteiger partial charge is 0.358 e. The van der Waals surface area contributed by atoms with Crippen molar-refractivity contribution in [2.45, 2.75) is 32.4 Å². The van der Waals surface area contributed by atoms with Gasteiger partial charge in [0.15, 0.2) is 11.5 Å². The highest BCUT2D eigenvalue weighted by atomic mass is 16.5. The van der Waals surface area contributed by atoms with Gasteiger partial charge in [0.25, 0.3) is 0 Å². The van der Waals surface area contributed by atoms with Gasteiger partial charge < -0.3 is 14.7 Å². The number of rotatable bonds is 5. The molecule has 1 N–H and O–H groups in total. The molecule has 140 valence electrons. The highest BCUT2D eigenvalue weighted by Gasteiger charge is 2.28. The number of ether oxygens (including phenoxy) is 1. The highest BCUT2D eigenvalue weighted by Crippen LogP contribution is 2.29. The van der Waals surface area contributed by atoms with Crippen LogP contribution in [0.1, 0.15) is 29.0 Å². The van der Waals surface area contributed by atoms with Crippen LogP contribution < -0.4 is 9.64 Å². The van der Waals surface area contributed by atoms with Crippen molar-refractivity contribution in [2.75, 3.05) is 18.6 Å². The van der Waals surface area contributed by atoms with Crippen molar-refractivity contribution >= 4 is 22.8 Å². The zero-order chi connectivity index (χ0) is 19.0. The number of anilines is 1. The van der Waals surface area contributed by atoms with Crippen molar-refractivity contribution < 1.29 is 14.6 Å². The van der Waals surface area contributed by atoms with Crippen LogP contribution in [-0.2, 0) is 6.54 Å². The zero-order valence-electron chi connectivity index (χ0n) is 15.2. The molecular weight excluding hydrogens is 348 g/mol. The molecule has 9 heteroatoms. The molecule has 0 bridgehead atoms. The molecule has 9 nitrogen and oxygen atoms in total. The van der Waals surface area contributed by atoms with Crippen molar-refractivity contribution in [1.82, 2.24) is 25.0 Å². The third-order valence-corrected chi connectivity index (χ3v) is 4.83. The SMILES string of the molecule is COc1ccc2nc(N3CCCC3Cn3cc(C(=O)O)nn3)c(C)nc2c1. The second-order valence-corrected chi connectivity index (χ2v) is 6.61. The third-order valence-electron chi connectivity index (χ3n) is 4.83. The van der Waals surface area contributed by atoms with Crippen LogP contribution in [0.5, 0.6) is 5.75 Å². The van der Waals surface area contributed by atoms with Gasteiger partial charge in [-0.25, -0.2) is 19.4 Å². The van der Waals surface area contributed by atoms with Crippen LogP contribution in [0.3, 0.4) is 0 Å². The van der Waals surface area contributed by atoms with E-state index in [9.17, 15) is 4.79 Å². The van der Waals surface area contributed by atoms with Gasteiger partial charge in [0.05, 0.1) is 42.6 Å². The second kappa shape index (κ2) is 6.82. The minimum Gasteiger partial charge on any atom is -0.497 e. The van der Waals surface area contributed by atoms with Crippen LogP contribution in [0.2, 0.25) is 0 Å². The lowest BCUT2D eigenvalue weighted by molar-refractivity contribution is 0.0690. The maximum atomic E-state index is 11.0. The number of aromatic nitrogens is 5. The maximum Gasteiger partial charge on any atom is 0.358 e. The molecule has 0 saturated carbocycles. The van der Waals surface area contributed by atoms with E-state index < -0.39 is 5.97 Å². The van der Waals surface area contributed by atoms with E-state index in [4.69, 9.17) is 19.8 Å². The Morgan fingerprint density at radius 3 is 2.93 bits per heavy atom. The molecule has 1 aliphatic rings. The molecule has 1 atom stereocenters. The molecule has 1 unspecified atom stereocenters. The largest absolute Gasteiger partial charge is 0.497 e. The first-order valence-corrected chi connectivity index (χ1v) is 8.77. The number of aryl methyl sites for hydroxylation is 1. The molecule has 0 spiro atoms. The van der Waals surface area contributed by atoms with Gasteiger partial charge in [-0.3, -0.25) is 0 Å². The molecular formula is C18H20N6O3. The molecule has 4 rings (SSSR count). The molecule has 1 aliphatic heterocycles. The molecule has 0 aliphatic carbocycles. The number of hydrogen-bond acceptors (Lipinski definition) is 7. The lowest BCUT2D eigenvalue weighted by atomic mass is 10.2. The van der Waals surface area contributed by atoms with Crippen LogP contribution in [-0.4, -0.2) is 55.7 Å². The van der Waals surface area contributed by atoms with E-state index in [1.165, 1.54) is 6.20 Å². The zero-order valence-corrected chi connectivity index (χ0v) is 15.2. The predicted molar refractivity (Wildman–Crippen MR) is 98.2 cm³/mol. The minimum atomic E-state index is -1.07. The average Bonchev–Trinajstić information content (AvgIpc) is 3.30. The number of methoxy groups -OCH3 is 1. The second-order valence-electron chi connectivity index (χ2n) is 6.61. The van der Waals surface area contributed by atoms with Gasteiger partial charge in [0, 0.05) is 12.6 Å². The first-order valence-electron chi connectivity index (χ1n) is 8.77. The lowest BCUT2D eigenvalue weighted by Crippen LogP contribution is -2.34. The summed E-state index contributed by atoms with van der Waals surface area (Å²) in [5, 5.41) is 16.6. The van der Waals surface area contributed by atoms with Gasteiger partial charge in [0.2, 0.25) is 0 Å². The Bertz CT molecular complexity index is 1000. The summed E-state index contributed by atoms with van der Waals surface area (Å²) in [5.41, 5.74) is 2.42. The van der Waals surface area contributed by atoms with E-state index in [1.54, 1.807) is 11.8 Å². The summed E-state index contributed by atoms with van der Waals surface area (Å²) in [6.07, 6.45) is 3.47. The quantitative estimate of drug-likeness (QED) is 0.728. The number of fused-ring (bicyclic) bond motifs is 1. The summed E-state index contributed by atoms with van der Waals surface area (Å²) in [7, 11) is 1.63. The molecule has 1 fully saturated rings. The molecule has 0 amide bonds. The van der Waals surface area contributed by atoms with Gasteiger partial charge in [-0.05, 0) is 31.9 Å². The van der Waals surface area contributed by atoms with Gasteiger partial charge in [-0.1, -0.05) is 5.21 Å². The summed E-state index contributed by atoms with van der Waals surface area (Å²) in [6.45, 7) is 3.39. The molecule has 27 heavy (non-hydrogen) atoms. The molecule has 1 aromatic carbocycles. The predicted octanol–water partition coefficient (Wildman–Crippen LogP) is 1.91. The molecule has 2 aromatic heterocycles. The van der Waals surface area contributed by atoms with Crippen LogP contribution in [0.15, 0.2) is 24.4 Å². The highest BCUT2D eigenvalue weighted by molar-refractivity contribution is 5.84. The first kappa shape index (κ1) is 17.2. The summed E-state index contributed by atoms with van der Waals surface area (Å²) >= 11 is 0. The minimum absolute atomic E-state index is 0.0461. The van der Waals surface area contributed by atoms with Crippen LogP contribution in [0.4, 0.5) is 5.82 Å². The van der Waals surface area contributed by atoms with E-state index in [0.29, 0.717) is 6.54 Å². The number of nitrogens with zero attached hydrogens (tertiary/aromatic N) is 6. The maximum absolute atomic E-state index is 11.0. The van der Waals surface area contributed by atoms with Gasteiger partial charge in [-0.2, -0.15) is 0 Å². The average molecular weight is 368 g/mol. The van der Waals surface area contributed by atoms with Crippen molar-refractivity contribution in [3.8, 4) is 5.75 Å². The molecule has 3 heterocycles. The van der Waals surface area contributed by atoms with E-state index in [2.05, 4.69) is 15.2 Å². The van der Waals surface area contributed by atoms with Crippen molar-refractivity contribution in [3.63, 3.8) is 0 Å². The Balaban J connectivity index is 1.62. The van der Waals surface area contributed by atoms with Gasteiger partial charge in [0.1, 0.15) is 5.75 Å². The Morgan fingerprint density at radius 1 is 1.33 bits per heavy atom. The fourth-order valence-electron chi connectivity index (χ4n) is 3.52. The fraction of sp³-hybridized carbons (Fsp3) is 0.389. The third kappa shape index (κ3) is 3.27. The van der Waals surface area contributed by atoms with Gasteiger partial charge in [-0.15, -0.1) is 5.10 Å². The Morgan fingerprint density at radius 2 is 2.19 bits per heavy atom. The Hall–Kier alpha value is -3.23. The normalized spacial score (nSPS) is 16.8. The number of aromatic carboxylic acids is 1. The number of benzene rings is 1. The summed E-state index contributed by atoms with van der Waals surface area (Å²) in [4.78, 5) is 22.8. The topological polar surface area (TPSA) is 106 Å². The Labute approximate surface area is 155 Å². The van der Waals surface area contributed by atoms with Crippen molar-refractivity contribution in [2.24, 2.45) is 0 Å². The number of carboxylic acid groups (broad SMARTS) is 1. The lowest BCUT2D eigenvalue weighted by Gasteiger charge is -2.26. The number of carbonyl (C=O) groups is 1. The molecule has 3 aromatic rings. The summed E-state index contributed by atoms with van der Waals surface area (Å²) < 4.78 is 6.84. The van der Waals surface area contributed by atoms with Crippen molar-refractivity contribution in [3.05, 3.63) is 35.8 Å². The van der Waals surface area contributed by atoms with Crippen LogP contribution in [0.25, 0.3) is 11.0 Å². The summed E-state index contributed by atoms with van der Waals surface area (Å²) in [5.74, 6) is 0.536. The number of carboxylic acids is 1. The molecule has 1 saturated heterocycles. The Kier molecular flexibility index (Phi) is 4.35.